The lowest BCUT2D eigenvalue weighted by molar-refractivity contribution is 0.0594. The average Bonchev–Trinajstić information content (AvgIpc) is 2.87. The van der Waals surface area contributed by atoms with Crippen LogP contribution in [0.15, 0.2) is 24.3 Å². The Kier molecular flexibility index (Phi) is 3.57. The quantitative estimate of drug-likeness (QED) is 0.790. The smallest absolute Gasteiger partial charge is 0.357 e. The number of rotatable bonds is 2. The molecule has 0 spiro atoms. The van der Waals surface area contributed by atoms with E-state index in [0.29, 0.717) is 11.6 Å². The van der Waals surface area contributed by atoms with Gasteiger partial charge >= 0.3 is 5.97 Å². The number of methoxy groups -OCH3 is 1. The van der Waals surface area contributed by atoms with Crippen molar-refractivity contribution in [1.82, 2.24) is 4.98 Å². The van der Waals surface area contributed by atoms with Crippen molar-refractivity contribution in [2.75, 3.05) is 7.11 Å². The third-order valence-electron chi connectivity index (χ3n) is 3.86. The van der Waals surface area contributed by atoms with Gasteiger partial charge in [0, 0.05) is 10.8 Å². The molecule has 0 saturated heterocycles. The van der Waals surface area contributed by atoms with Crippen LogP contribution in [0.2, 0.25) is 0 Å². The van der Waals surface area contributed by atoms with Gasteiger partial charge in [0.15, 0.2) is 5.69 Å². The number of hydrogen-bond donors (Lipinski definition) is 0. The molecule has 1 unspecified atom stereocenters. The Hall–Kier alpha value is -1.68. The summed E-state index contributed by atoms with van der Waals surface area (Å²) in [5, 5.41) is 1.04. The second-order valence-corrected chi connectivity index (χ2v) is 6.33. The number of nitrogens with zero attached hydrogens (tertiary/aromatic N) is 1. The van der Waals surface area contributed by atoms with Gasteiger partial charge in [0.1, 0.15) is 5.01 Å². The van der Waals surface area contributed by atoms with Crippen LogP contribution in [-0.2, 0) is 11.2 Å². The first kappa shape index (κ1) is 13.3. The van der Waals surface area contributed by atoms with Gasteiger partial charge in [0.05, 0.1) is 7.11 Å². The zero-order chi connectivity index (χ0) is 14.1. The summed E-state index contributed by atoms with van der Waals surface area (Å²) >= 11 is 1.62. The molecule has 1 atom stereocenters. The average molecular weight is 287 g/mol. The van der Waals surface area contributed by atoms with Gasteiger partial charge in [-0.25, -0.2) is 9.78 Å². The number of carbonyl (C=O) groups is 1. The van der Waals surface area contributed by atoms with Gasteiger partial charge in [-0.1, -0.05) is 24.3 Å². The van der Waals surface area contributed by atoms with Gasteiger partial charge in [-0.05, 0) is 37.3 Å². The molecule has 104 valence electrons. The molecule has 1 heterocycles. The molecule has 3 rings (SSSR count). The molecule has 0 fully saturated rings. The highest BCUT2D eigenvalue weighted by atomic mass is 32.1. The molecule has 0 amide bonds. The minimum atomic E-state index is -0.339. The van der Waals surface area contributed by atoms with E-state index < -0.39 is 0 Å². The topological polar surface area (TPSA) is 39.2 Å². The molecule has 3 nitrogen and oxygen atoms in total. The number of fused-ring (bicyclic) bond motifs is 1. The number of esters is 1. The fraction of sp³-hybridized carbons (Fsp3) is 0.375. The predicted molar refractivity (Wildman–Crippen MR) is 79.4 cm³/mol. The first-order valence-electron chi connectivity index (χ1n) is 6.84. The van der Waals surface area contributed by atoms with E-state index in [-0.39, 0.29) is 5.97 Å². The van der Waals surface area contributed by atoms with Crippen LogP contribution in [0.4, 0.5) is 0 Å². The summed E-state index contributed by atoms with van der Waals surface area (Å²) in [4.78, 5) is 17.2. The lowest BCUT2D eigenvalue weighted by Gasteiger charge is -2.23. The second kappa shape index (κ2) is 5.37. The van der Waals surface area contributed by atoms with Crippen LogP contribution in [0.1, 0.15) is 50.3 Å². The van der Waals surface area contributed by atoms with E-state index in [1.165, 1.54) is 24.7 Å². The van der Waals surface area contributed by atoms with Crippen molar-refractivity contribution in [2.24, 2.45) is 0 Å². The highest BCUT2D eigenvalue weighted by Gasteiger charge is 2.26. The van der Waals surface area contributed by atoms with Crippen LogP contribution in [0.3, 0.4) is 0 Å². The van der Waals surface area contributed by atoms with Crippen molar-refractivity contribution < 1.29 is 9.53 Å². The summed E-state index contributed by atoms with van der Waals surface area (Å²) in [5.74, 6) is -0.0175. The maximum Gasteiger partial charge on any atom is 0.357 e. The van der Waals surface area contributed by atoms with Gasteiger partial charge in [-0.3, -0.25) is 0 Å². The third kappa shape index (κ3) is 2.24. The number of hydrogen-bond acceptors (Lipinski definition) is 4. The molecule has 1 aliphatic carbocycles. The maximum absolute atomic E-state index is 11.7. The van der Waals surface area contributed by atoms with Crippen molar-refractivity contribution >= 4 is 17.3 Å². The zero-order valence-electron chi connectivity index (χ0n) is 11.7. The van der Waals surface area contributed by atoms with Crippen molar-refractivity contribution in [3.8, 4) is 0 Å². The molecule has 2 aromatic rings. The number of ether oxygens (including phenoxy) is 1. The van der Waals surface area contributed by atoms with E-state index in [1.54, 1.807) is 11.3 Å². The lowest BCUT2D eigenvalue weighted by atomic mass is 9.83. The summed E-state index contributed by atoms with van der Waals surface area (Å²) < 4.78 is 4.79. The number of aromatic nitrogens is 1. The first-order valence-corrected chi connectivity index (χ1v) is 7.65. The van der Waals surface area contributed by atoms with Crippen molar-refractivity contribution in [1.29, 1.82) is 0 Å². The van der Waals surface area contributed by atoms with E-state index in [2.05, 4.69) is 29.2 Å². The van der Waals surface area contributed by atoms with E-state index in [1.807, 2.05) is 6.92 Å². The lowest BCUT2D eigenvalue weighted by Crippen LogP contribution is -2.11. The van der Waals surface area contributed by atoms with Crippen molar-refractivity contribution in [3.63, 3.8) is 0 Å². The summed E-state index contributed by atoms with van der Waals surface area (Å²) in [6.07, 6.45) is 3.42. The molecule has 0 N–H and O–H groups in total. The van der Waals surface area contributed by atoms with Gasteiger partial charge in [-0.2, -0.15) is 0 Å². The van der Waals surface area contributed by atoms with E-state index in [4.69, 9.17) is 4.74 Å². The Balaban J connectivity index is 2.01. The van der Waals surface area contributed by atoms with Gasteiger partial charge < -0.3 is 4.74 Å². The van der Waals surface area contributed by atoms with Crippen LogP contribution in [0.25, 0.3) is 0 Å². The standard InChI is InChI=1S/C16H17NO2S/c1-10-14(16(18)19-2)17-15(20-10)13-9-5-7-11-6-3-4-8-12(11)13/h3-4,6,8,13H,5,7,9H2,1-2H3. The summed E-state index contributed by atoms with van der Waals surface area (Å²) in [5.41, 5.74) is 3.25. The van der Waals surface area contributed by atoms with Crippen LogP contribution in [0.5, 0.6) is 0 Å². The number of benzene rings is 1. The Labute approximate surface area is 122 Å². The van der Waals surface area contributed by atoms with Crippen LogP contribution >= 0.6 is 11.3 Å². The third-order valence-corrected chi connectivity index (χ3v) is 4.94. The Bertz CT molecular complexity index is 648. The minimum absolute atomic E-state index is 0.321. The summed E-state index contributed by atoms with van der Waals surface area (Å²) in [7, 11) is 1.40. The highest BCUT2D eigenvalue weighted by Crippen LogP contribution is 2.38. The molecule has 1 aromatic carbocycles. The maximum atomic E-state index is 11.7. The van der Waals surface area contributed by atoms with Crippen LogP contribution < -0.4 is 0 Å². The first-order chi connectivity index (χ1) is 9.70. The molecule has 0 saturated carbocycles. The molecular weight excluding hydrogens is 270 g/mol. The van der Waals surface area contributed by atoms with Gasteiger partial charge in [0.25, 0.3) is 0 Å². The summed E-state index contributed by atoms with van der Waals surface area (Å²) in [6.45, 7) is 1.93. The summed E-state index contributed by atoms with van der Waals surface area (Å²) in [6, 6.07) is 8.56. The largest absolute Gasteiger partial charge is 0.464 e. The Morgan fingerprint density at radius 2 is 2.20 bits per heavy atom. The number of carbonyl (C=O) groups excluding carboxylic acids is 1. The van der Waals surface area contributed by atoms with Crippen molar-refractivity contribution in [2.45, 2.75) is 32.1 Å². The van der Waals surface area contributed by atoms with Gasteiger partial charge in [-0.15, -0.1) is 11.3 Å². The fourth-order valence-electron chi connectivity index (χ4n) is 2.86. The zero-order valence-corrected chi connectivity index (χ0v) is 12.5. The molecule has 1 aliphatic rings. The second-order valence-electron chi connectivity index (χ2n) is 5.09. The molecule has 20 heavy (non-hydrogen) atoms. The Morgan fingerprint density at radius 3 is 3.00 bits per heavy atom. The fourth-order valence-corrected chi connectivity index (χ4v) is 3.93. The van der Waals surface area contributed by atoms with Gasteiger partial charge in [0.2, 0.25) is 0 Å². The molecule has 0 aliphatic heterocycles. The normalized spacial score (nSPS) is 17.6. The molecule has 4 heteroatoms. The predicted octanol–water partition coefficient (Wildman–Crippen LogP) is 3.71. The van der Waals surface area contributed by atoms with E-state index in [0.717, 1.165) is 22.7 Å². The molecule has 0 bridgehead atoms. The van der Waals surface area contributed by atoms with Crippen molar-refractivity contribution in [3.05, 3.63) is 51.0 Å². The van der Waals surface area contributed by atoms with E-state index in [9.17, 15) is 4.79 Å². The highest BCUT2D eigenvalue weighted by molar-refractivity contribution is 7.12. The Morgan fingerprint density at radius 1 is 1.40 bits per heavy atom. The van der Waals surface area contributed by atoms with E-state index >= 15 is 0 Å². The molecular formula is C16H17NO2S. The number of thiazole rings is 1. The van der Waals surface area contributed by atoms with Crippen LogP contribution in [0, 0.1) is 6.92 Å². The molecule has 1 aromatic heterocycles. The monoisotopic (exact) mass is 287 g/mol. The SMILES string of the molecule is COC(=O)c1nc(C2CCCc3ccccc32)sc1C. The minimum Gasteiger partial charge on any atom is -0.464 e. The molecule has 0 radical (unpaired) electrons. The van der Waals surface area contributed by atoms with Crippen LogP contribution in [-0.4, -0.2) is 18.1 Å². The number of aryl methyl sites for hydroxylation is 2.